The van der Waals surface area contributed by atoms with Gasteiger partial charge in [0, 0.05) is 45.0 Å². The fourth-order valence-electron chi connectivity index (χ4n) is 3.57. The van der Waals surface area contributed by atoms with Crippen molar-refractivity contribution in [1.29, 1.82) is 0 Å². The third kappa shape index (κ3) is 8.20. The van der Waals surface area contributed by atoms with Crippen LogP contribution in [0.4, 0.5) is 0 Å². The highest BCUT2D eigenvalue weighted by Gasteiger charge is 2.06. The molecule has 1 aliphatic carbocycles. The highest BCUT2D eigenvalue weighted by Crippen LogP contribution is 2.19. The number of hydrogen-bond acceptors (Lipinski definition) is 2. The van der Waals surface area contributed by atoms with Crippen molar-refractivity contribution in [1.82, 2.24) is 20.2 Å². The van der Waals surface area contributed by atoms with Crippen LogP contribution in [0.1, 0.15) is 50.4 Å². The maximum atomic E-state index is 4.74. The van der Waals surface area contributed by atoms with Crippen molar-refractivity contribution in [2.75, 3.05) is 19.6 Å². The monoisotopic (exact) mass is 507 g/mol. The van der Waals surface area contributed by atoms with Crippen LogP contribution < -0.4 is 10.6 Å². The van der Waals surface area contributed by atoms with Crippen LogP contribution in [-0.2, 0) is 13.0 Å². The molecule has 5 nitrogen and oxygen atoms in total. The summed E-state index contributed by atoms with van der Waals surface area (Å²) in [7, 11) is 0. The Bertz CT molecular complexity index is 767. The predicted octanol–water partition coefficient (Wildman–Crippen LogP) is 4.54. The topological polar surface area (TPSA) is 54.2 Å². The molecule has 2 N–H and O–H groups in total. The zero-order valence-corrected chi connectivity index (χ0v) is 19.8. The molecule has 29 heavy (non-hydrogen) atoms. The second-order valence-electron chi connectivity index (χ2n) is 7.25. The van der Waals surface area contributed by atoms with Gasteiger partial charge in [0.1, 0.15) is 5.82 Å². The minimum absolute atomic E-state index is 0. The Morgan fingerprint density at radius 3 is 2.76 bits per heavy atom. The SMILES string of the molecule is CCNC(=NCCc1nccn1Cc1ccccc1)NCCC1=CCCCC1.I. The number of aliphatic imine (C=N–C) groups is 1. The van der Waals surface area contributed by atoms with Gasteiger partial charge in [-0.3, -0.25) is 4.99 Å². The smallest absolute Gasteiger partial charge is 0.191 e. The third-order valence-electron chi connectivity index (χ3n) is 5.07. The summed E-state index contributed by atoms with van der Waals surface area (Å²) in [6, 6.07) is 10.5. The summed E-state index contributed by atoms with van der Waals surface area (Å²) < 4.78 is 2.21. The molecule has 0 atom stereocenters. The van der Waals surface area contributed by atoms with Crippen molar-refractivity contribution < 1.29 is 0 Å². The molecular formula is C23H34IN5. The van der Waals surface area contributed by atoms with Crippen LogP contribution in [0.3, 0.4) is 0 Å². The Morgan fingerprint density at radius 1 is 1.14 bits per heavy atom. The Balaban J connectivity index is 0.00000300. The molecule has 0 aliphatic heterocycles. The van der Waals surface area contributed by atoms with Crippen molar-refractivity contribution in [3.63, 3.8) is 0 Å². The number of allylic oxidation sites excluding steroid dienone is 1. The van der Waals surface area contributed by atoms with Crippen molar-refractivity contribution in [2.24, 2.45) is 4.99 Å². The molecule has 1 heterocycles. The van der Waals surface area contributed by atoms with Crippen molar-refractivity contribution in [3.8, 4) is 0 Å². The molecular weight excluding hydrogens is 473 g/mol. The van der Waals surface area contributed by atoms with E-state index >= 15 is 0 Å². The molecule has 0 fully saturated rings. The van der Waals surface area contributed by atoms with Gasteiger partial charge in [0.25, 0.3) is 0 Å². The predicted molar refractivity (Wildman–Crippen MR) is 132 cm³/mol. The van der Waals surface area contributed by atoms with E-state index in [-0.39, 0.29) is 24.0 Å². The molecule has 0 saturated heterocycles. The Morgan fingerprint density at radius 2 is 2.00 bits per heavy atom. The Hall–Kier alpha value is -1.83. The van der Waals surface area contributed by atoms with E-state index in [1.165, 1.54) is 31.2 Å². The van der Waals surface area contributed by atoms with Crippen LogP contribution in [0, 0.1) is 0 Å². The van der Waals surface area contributed by atoms with Gasteiger partial charge in [-0.05, 0) is 44.6 Å². The van der Waals surface area contributed by atoms with Crippen molar-refractivity contribution >= 4 is 29.9 Å². The quantitative estimate of drug-likeness (QED) is 0.227. The summed E-state index contributed by atoms with van der Waals surface area (Å²) in [6.07, 6.45) is 13.5. The number of imidazole rings is 1. The lowest BCUT2D eigenvalue weighted by Gasteiger charge is -2.15. The van der Waals surface area contributed by atoms with E-state index < -0.39 is 0 Å². The first-order chi connectivity index (χ1) is 13.8. The second-order valence-corrected chi connectivity index (χ2v) is 7.25. The van der Waals surface area contributed by atoms with Crippen LogP contribution in [0.25, 0.3) is 0 Å². The molecule has 0 spiro atoms. The molecule has 3 rings (SSSR count). The number of nitrogens with zero attached hydrogens (tertiary/aromatic N) is 3. The molecule has 158 valence electrons. The van der Waals surface area contributed by atoms with Gasteiger partial charge in [0.05, 0.1) is 0 Å². The number of halogens is 1. The van der Waals surface area contributed by atoms with Crippen LogP contribution in [-0.4, -0.2) is 35.1 Å². The van der Waals surface area contributed by atoms with E-state index in [1.807, 2.05) is 18.5 Å². The van der Waals surface area contributed by atoms with Gasteiger partial charge in [-0.1, -0.05) is 42.0 Å². The third-order valence-corrected chi connectivity index (χ3v) is 5.07. The fraction of sp³-hybridized carbons (Fsp3) is 0.478. The number of nitrogens with one attached hydrogen (secondary N) is 2. The first-order valence-corrected chi connectivity index (χ1v) is 10.6. The lowest BCUT2D eigenvalue weighted by molar-refractivity contribution is 0.665. The molecule has 1 aromatic carbocycles. The lowest BCUT2D eigenvalue weighted by atomic mass is 9.97. The maximum Gasteiger partial charge on any atom is 0.191 e. The average Bonchev–Trinajstić information content (AvgIpc) is 3.16. The van der Waals surface area contributed by atoms with Crippen LogP contribution in [0.5, 0.6) is 0 Å². The molecule has 6 heteroatoms. The molecule has 0 saturated carbocycles. The molecule has 0 unspecified atom stereocenters. The summed E-state index contributed by atoms with van der Waals surface area (Å²) in [5.41, 5.74) is 2.88. The van der Waals surface area contributed by atoms with Gasteiger partial charge in [0.2, 0.25) is 0 Å². The highest BCUT2D eigenvalue weighted by atomic mass is 127. The van der Waals surface area contributed by atoms with Crippen molar-refractivity contribution in [3.05, 3.63) is 65.8 Å². The first kappa shape index (κ1) is 23.4. The van der Waals surface area contributed by atoms with E-state index in [9.17, 15) is 0 Å². The van der Waals surface area contributed by atoms with E-state index in [4.69, 9.17) is 4.99 Å². The largest absolute Gasteiger partial charge is 0.357 e. The summed E-state index contributed by atoms with van der Waals surface area (Å²) in [6.45, 7) is 5.50. The van der Waals surface area contributed by atoms with Crippen LogP contribution in [0.2, 0.25) is 0 Å². The minimum Gasteiger partial charge on any atom is -0.357 e. The number of aromatic nitrogens is 2. The summed E-state index contributed by atoms with van der Waals surface area (Å²) in [5, 5.41) is 6.82. The van der Waals surface area contributed by atoms with Gasteiger partial charge in [-0.25, -0.2) is 4.98 Å². The standard InChI is InChI=1S/C23H33N5.HI/c1-2-24-23(26-15-13-20-9-5-3-6-10-20)27-16-14-22-25-17-18-28(22)19-21-11-7-4-8-12-21;/h4,7-9,11-12,17-18H,2-3,5-6,10,13-16,19H2,1H3,(H2,24,26,27);1H. The van der Waals surface area contributed by atoms with Gasteiger partial charge >= 0.3 is 0 Å². The van der Waals surface area contributed by atoms with E-state index in [1.54, 1.807) is 5.57 Å². The Kier molecular flexibility index (Phi) is 10.8. The zero-order chi connectivity index (χ0) is 19.4. The maximum absolute atomic E-state index is 4.74. The summed E-state index contributed by atoms with van der Waals surface area (Å²) in [4.78, 5) is 9.26. The van der Waals surface area contributed by atoms with E-state index in [2.05, 4.69) is 57.4 Å². The lowest BCUT2D eigenvalue weighted by Crippen LogP contribution is -2.38. The van der Waals surface area contributed by atoms with Crippen LogP contribution in [0.15, 0.2) is 59.4 Å². The molecule has 0 radical (unpaired) electrons. The zero-order valence-electron chi connectivity index (χ0n) is 17.4. The summed E-state index contributed by atoms with van der Waals surface area (Å²) in [5.74, 6) is 1.98. The normalized spacial score (nSPS) is 14.1. The first-order valence-electron chi connectivity index (χ1n) is 10.6. The fourth-order valence-corrected chi connectivity index (χ4v) is 3.57. The van der Waals surface area contributed by atoms with Gasteiger partial charge in [-0.15, -0.1) is 24.0 Å². The molecule has 1 aromatic heterocycles. The molecule has 1 aliphatic rings. The van der Waals surface area contributed by atoms with Gasteiger partial charge < -0.3 is 15.2 Å². The van der Waals surface area contributed by atoms with Gasteiger partial charge in [0.15, 0.2) is 5.96 Å². The molecule has 0 bridgehead atoms. The van der Waals surface area contributed by atoms with Crippen molar-refractivity contribution in [2.45, 2.75) is 52.0 Å². The molecule has 0 amide bonds. The molecule has 2 aromatic rings. The van der Waals surface area contributed by atoms with Gasteiger partial charge in [-0.2, -0.15) is 0 Å². The number of rotatable bonds is 9. The summed E-state index contributed by atoms with van der Waals surface area (Å²) >= 11 is 0. The second kappa shape index (κ2) is 13.4. The van der Waals surface area contributed by atoms with E-state index in [0.29, 0.717) is 0 Å². The number of hydrogen-bond donors (Lipinski definition) is 2. The minimum atomic E-state index is 0. The van der Waals surface area contributed by atoms with Crippen LogP contribution >= 0.6 is 24.0 Å². The highest BCUT2D eigenvalue weighted by molar-refractivity contribution is 14.0. The Labute approximate surface area is 192 Å². The number of benzene rings is 1. The van der Waals surface area contributed by atoms with E-state index in [0.717, 1.165) is 50.8 Å². The number of guanidine groups is 1. The average molecular weight is 507 g/mol.